The molecule has 8 heteroatoms. The van der Waals surface area contributed by atoms with Crippen LogP contribution in [0.25, 0.3) is 6.08 Å². The quantitative estimate of drug-likeness (QED) is 0.367. The molecule has 3 aromatic rings. The lowest BCUT2D eigenvalue weighted by Crippen LogP contribution is -2.26. The van der Waals surface area contributed by atoms with Crippen LogP contribution in [0.4, 0.5) is 4.79 Å². The van der Waals surface area contributed by atoms with Crippen LogP contribution in [0.5, 0.6) is 5.75 Å². The van der Waals surface area contributed by atoms with Gasteiger partial charge in [-0.3, -0.25) is 4.79 Å². The number of nitrogens with zero attached hydrogens (tertiary/aromatic N) is 3. The minimum Gasteiger partial charge on any atom is -0.497 e. The van der Waals surface area contributed by atoms with Crippen molar-refractivity contribution in [1.29, 1.82) is 0 Å². The summed E-state index contributed by atoms with van der Waals surface area (Å²) in [6.45, 7) is 0. The van der Waals surface area contributed by atoms with Crippen molar-refractivity contribution in [3.8, 4) is 5.75 Å². The maximum absolute atomic E-state index is 12.4. The summed E-state index contributed by atoms with van der Waals surface area (Å²) in [7, 11) is 1.64. The van der Waals surface area contributed by atoms with E-state index >= 15 is 0 Å². The van der Waals surface area contributed by atoms with E-state index in [9.17, 15) is 4.79 Å². The first-order valence-electron chi connectivity index (χ1n) is 10.5. The predicted octanol–water partition coefficient (Wildman–Crippen LogP) is 7.46. The molecule has 5 nitrogen and oxygen atoms in total. The van der Waals surface area contributed by atoms with Crippen LogP contribution in [0, 0.1) is 0 Å². The van der Waals surface area contributed by atoms with Gasteiger partial charge >= 0.3 is 5.24 Å². The topological polar surface area (TPSA) is 54.3 Å². The molecule has 1 atom stereocenters. The Labute approximate surface area is 211 Å². The Kier molecular flexibility index (Phi) is 6.46. The molecule has 0 radical (unpaired) electrons. The normalized spacial score (nSPS) is 18.9. The Morgan fingerprint density at radius 1 is 0.971 bits per heavy atom. The number of benzene rings is 3. The second-order valence-electron chi connectivity index (χ2n) is 7.75. The van der Waals surface area contributed by atoms with E-state index in [4.69, 9.17) is 33.0 Å². The fraction of sp³-hybridized carbons (Fsp3) is 0.115. The van der Waals surface area contributed by atoms with Crippen LogP contribution >= 0.6 is 35.0 Å². The summed E-state index contributed by atoms with van der Waals surface area (Å²) < 4.78 is 5.29. The van der Waals surface area contributed by atoms with E-state index < -0.39 is 0 Å². The first-order chi connectivity index (χ1) is 16.5. The van der Waals surface area contributed by atoms with Gasteiger partial charge in [-0.05, 0) is 83.1 Å². The van der Waals surface area contributed by atoms with Crippen LogP contribution in [0.2, 0.25) is 10.0 Å². The summed E-state index contributed by atoms with van der Waals surface area (Å²) in [5.74, 6) is 1.32. The standard InChI is InChI=1S/C26H19Cl2N3O2S/c1-33-21-12-6-17(7-13-21)22-15-23(18-4-10-20(28)11-5-18)31(30-22)25-24(34-26(32)29-25)14-16-2-8-19(27)9-3-16/h2-14,23H,15H2,1H3/b24-14-. The third-order valence-corrected chi connectivity index (χ3v) is 6.88. The summed E-state index contributed by atoms with van der Waals surface area (Å²) in [6, 6.07) is 22.8. The lowest BCUT2D eigenvalue weighted by molar-refractivity contribution is 0.267. The van der Waals surface area contributed by atoms with E-state index in [-0.39, 0.29) is 11.3 Å². The number of thioether (sulfide) groups is 1. The first-order valence-corrected chi connectivity index (χ1v) is 12.1. The lowest BCUT2D eigenvalue weighted by Gasteiger charge is -2.24. The highest BCUT2D eigenvalue weighted by atomic mass is 35.5. The summed E-state index contributed by atoms with van der Waals surface area (Å²) >= 11 is 13.3. The van der Waals surface area contributed by atoms with Crippen molar-refractivity contribution in [1.82, 2.24) is 5.01 Å². The molecule has 0 N–H and O–H groups in total. The van der Waals surface area contributed by atoms with Gasteiger partial charge in [0.25, 0.3) is 0 Å². The van der Waals surface area contributed by atoms with Crippen molar-refractivity contribution in [2.45, 2.75) is 12.5 Å². The number of methoxy groups -OCH3 is 1. The largest absolute Gasteiger partial charge is 0.497 e. The molecule has 0 aliphatic carbocycles. The third kappa shape index (κ3) is 4.75. The molecule has 1 unspecified atom stereocenters. The van der Waals surface area contributed by atoms with E-state index in [1.165, 1.54) is 0 Å². The zero-order valence-corrected chi connectivity index (χ0v) is 20.4. The Morgan fingerprint density at radius 2 is 1.62 bits per heavy atom. The van der Waals surface area contributed by atoms with E-state index in [1.54, 1.807) is 7.11 Å². The molecule has 0 saturated carbocycles. The highest BCUT2D eigenvalue weighted by Gasteiger charge is 2.36. The van der Waals surface area contributed by atoms with Crippen molar-refractivity contribution in [2.24, 2.45) is 10.1 Å². The summed E-state index contributed by atoms with van der Waals surface area (Å²) in [5.41, 5.74) is 3.86. The number of carbonyl (C=O) groups excluding carboxylic acids is 1. The highest BCUT2D eigenvalue weighted by Crippen LogP contribution is 2.40. The molecule has 0 bridgehead atoms. The third-order valence-electron chi connectivity index (χ3n) is 5.59. The van der Waals surface area contributed by atoms with Crippen LogP contribution in [0.1, 0.15) is 29.2 Å². The van der Waals surface area contributed by atoms with E-state index in [2.05, 4.69) is 4.99 Å². The lowest BCUT2D eigenvalue weighted by atomic mass is 9.98. The summed E-state index contributed by atoms with van der Waals surface area (Å²) in [4.78, 5) is 17.5. The zero-order chi connectivity index (χ0) is 23.7. The van der Waals surface area contributed by atoms with Crippen LogP contribution in [-0.2, 0) is 0 Å². The number of hydrogen-bond acceptors (Lipinski definition) is 5. The van der Waals surface area contributed by atoms with Crippen LogP contribution in [-0.4, -0.2) is 28.9 Å². The molecular formula is C26H19Cl2N3O2S. The highest BCUT2D eigenvalue weighted by molar-refractivity contribution is 8.18. The summed E-state index contributed by atoms with van der Waals surface area (Å²) in [6.07, 6.45) is 2.59. The van der Waals surface area contributed by atoms with Gasteiger partial charge in [-0.25, -0.2) is 5.01 Å². The zero-order valence-electron chi connectivity index (χ0n) is 18.1. The molecule has 5 rings (SSSR count). The Morgan fingerprint density at radius 3 is 2.26 bits per heavy atom. The Balaban J connectivity index is 1.55. The Bertz CT molecular complexity index is 1320. The monoisotopic (exact) mass is 507 g/mol. The molecule has 1 amide bonds. The molecule has 2 aliphatic heterocycles. The van der Waals surface area contributed by atoms with Gasteiger partial charge in [-0.2, -0.15) is 10.1 Å². The number of amides is 1. The molecule has 0 aromatic heterocycles. The fourth-order valence-electron chi connectivity index (χ4n) is 3.88. The maximum atomic E-state index is 12.4. The average Bonchev–Trinajstić information content (AvgIpc) is 3.44. The van der Waals surface area contributed by atoms with Crippen molar-refractivity contribution < 1.29 is 9.53 Å². The van der Waals surface area contributed by atoms with Gasteiger partial charge in [-0.1, -0.05) is 47.5 Å². The number of amidine groups is 1. The molecule has 2 heterocycles. The molecule has 34 heavy (non-hydrogen) atoms. The number of halogens is 2. The predicted molar refractivity (Wildman–Crippen MR) is 140 cm³/mol. The minimum absolute atomic E-state index is 0.131. The molecule has 170 valence electrons. The van der Waals surface area contributed by atoms with Gasteiger partial charge in [-0.15, -0.1) is 0 Å². The number of hydrogen-bond donors (Lipinski definition) is 0. The number of aliphatic imine (C=N–C) groups is 1. The number of rotatable bonds is 4. The second-order valence-corrected chi connectivity index (χ2v) is 9.62. The average molecular weight is 508 g/mol. The van der Waals surface area contributed by atoms with Crippen LogP contribution < -0.4 is 4.74 Å². The van der Waals surface area contributed by atoms with Crippen molar-refractivity contribution in [3.05, 3.63) is 104 Å². The molecule has 0 fully saturated rings. The molecule has 0 saturated heterocycles. The fourth-order valence-corrected chi connectivity index (χ4v) is 4.88. The molecule has 0 spiro atoms. The van der Waals surface area contributed by atoms with Crippen LogP contribution in [0.15, 0.2) is 87.8 Å². The molecule has 2 aliphatic rings. The van der Waals surface area contributed by atoms with Gasteiger partial charge in [0.05, 0.1) is 23.8 Å². The number of hydrazone groups is 1. The number of ether oxygens (including phenoxy) is 1. The van der Waals surface area contributed by atoms with Crippen molar-refractivity contribution >= 4 is 57.8 Å². The minimum atomic E-state index is -0.266. The molecular weight excluding hydrogens is 489 g/mol. The summed E-state index contributed by atoms with van der Waals surface area (Å²) in [5, 5.41) is 7.84. The smallest absolute Gasteiger partial charge is 0.311 e. The Hall–Kier alpha value is -3.06. The molecule has 3 aromatic carbocycles. The van der Waals surface area contributed by atoms with Crippen molar-refractivity contribution in [3.63, 3.8) is 0 Å². The van der Waals surface area contributed by atoms with Gasteiger partial charge in [0.2, 0.25) is 0 Å². The SMILES string of the molecule is COc1ccc(C2=NN(C3=NC(=O)S/C3=C\c3ccc(Cl)cc3)C(c3ccc(Cl)cc3)C2)cc1. The van der Waals surface area contributed by atoms with E-state index in [0.29, 0.717) is 22.3 Å². The van der Waals surface area contributed by atoms with Gasteiger partial charge in [0.1, 0.15) is 5.75 Å². The van der Waals surface area contributed by atoms with Gasteiger partial charge in [0.15, 0.2) is 5.84 Å². The van der Waals surface area contributed by atoms with Gasteiger partial charge < -0.3 is 4.74 Å². The van der Waals surface area contributed by atoms with Crippen LogP contribution in [0.3, 0.4) is 0 Å². The first kappa shape index (κ1) is 22.7. The van der Waals surface area contributed by atoms with E-state index in [1.807, 2.05) is 83.9 Å². The number of carbonyl (C=O) groups is 1. The van der Waals surface area contributed by atoms with E-state index in [0.717, 1.165) is 44.8 Å². The van der Waals surface area contributed by atoms with Crippen molar-refractivity contribution in [2.75, 3.05) is 7.11 Å². The maximum Gasteiger partial charge on any atom is 0.311 e. The van der Waals surface area contributed by atoms with Gasteiger partial charge in [0, 0.05) is 16.5 Å². The second kappa shape index (κ2) is 9.66.